The molecular formula is C21H25ClN6O. The minimum absolute atomic E-state index is 0. The van der Waals surface area contributed by atoms with E-state index in [9.17, 15) is 4.79 Å². The highest BCUT2D eigenvalue weighted by atomic mass is 35.5. The normalized spacial score (nSPS) is 21.0. The van der Waals surface area contributed by atoms with E-state index in [2.05, 4.69) is 15.7 Å². The van der Waals surface area contributed by atoms with E-state index in [4.69, 9.17) is 5.10 Å². The van der Waals surface area contributed by atoms with Gasteiger partial charge in [-0.15, -0.1) is 12.4 Å². The van der Waals surface area contributed by atoms with E-state index >= 15 is 0 Å². The lowest BCUT2D eigenvalue weighted by atomic mass is 9.90. The Hall–Kier alpha value is -2.64. The van der Waals surface area contributed by atoms with E-state index in [-0.39, 0.29) is 30.2 Å². The number of aromatic nitrogens is 4. The number of anilines is 1. The van der Waals surface area contributed by atoms with Gasteiger partial charge in [0.15, 0.2) is 0 Å². The Balaban J connectivity index is 0.00000205. The number of carbonyl (C=O) groups excluding carboxylic acids is 1. The second-order valence-corrected chi connectivity index (χ2v) is 7.78. The molecule has 7 nitrogen and oxygen atoms in total. The molecule has 0 radical (unpaired) electrons. The molecule has 3 heterocycles. The fourth-order valence-electron chi connectivity index (χ4n) is 3.99. The summed E-state index contributed by atoms with van der Waals surface area (Å²) < 4.78 is 3.64. The van der Waals surface area contributed by atoms with Crippen molar-refractivity contribution in [2.75, 3.05) is 18.4 Å². The van der Waals surface area contributed by atoms with E-state index in [1.807, 2.05) is 60.5 Å². The molecular weight excluding hydrogens is 388 g/mol. The summed E-state index contributed by atoms with van der Waals surface area (Å²) in [5, 5.41) is 15.6. The Morgan fingerprint density at radius 1 is 1.21 bits per heavy atom. The van der Waals surface area contributed by atoms with Crippen LogP contribution in [0.4, 0.5) is 5.82 Å². The van der Waals surface area contributed by atoms with Gasteiger partial charge in [-0.2, -0.15) is 10.2 Å². The van der Waals surface area contributed by atoms with Gasteiger partial charge in [0, 0.05) is 44.2 Å². The van der Waals surface area contributed by atoms with Gasteiger partial charge in [0.1, 0.15) is 5.82 Å². The van der Waals surface area contributed by atoms with Crippen LogP contribution in [0.5, 0.6) is 0 Å². The standard InChI is InChI=1S/C21H24N6O.ClH/c1-26-13-15(10-23-26)17-11-22-12-18(17)21(28)24-20-9-19(14-7-8-14)25-27(20)16-5-3-2-4-6-16;/h2-6,9-10,13-14,17-18,22H,7-8,11-12H2,1H3,(H,24,28);1H/t17-,18+;/m1./s1. The van der Waals surface area contributed by atoms with Crippen LogP contribution in [0.1, 0.15) is 35.9 Å². The van der Waals surface area contributed by atoms with Crippen molar-refractivity contribution in [3.05, 3.63) is 60.0 Å². The molecule has 1 aliphatic heterocycles. The second kappa shape index (κ2) is 8.00. The minimum atomic E-state index is -0.132. The molecule has 8 heteroatoms. The molecule has 2 atom stereocenters. The fourth-order valence-corrected chi connectivity index (χ4v) is 3.99. The molecule has 29 heavy (non-hydrogen) atoms. The number of nitrogens with one attached hydrogen (secondary N) is 2. The molecule has 1 saturated heterocycles. The number of nitrogens with zero attached hydrogens (tertiary/aromatic N) is 4. The molecule has 2 aromatic heterocycles. The Labute approximate surface area is 175 Å². The number of benzene rings is 1. The summed E-state index contributed by atoms with van der Waals surface area (Å²) in [6.07, 6.45) is 6.21. The fraction of sp³-hybridized carbons (Fsp3) is 0.381. The van der Waals surface area contributed by atoms with Crippen LogP contribution in [0.15, 0.2) is 48.8 Å². The lowest BCUT2D eigenvalue weighted by Crippen LogP contribution is -2.28. The summed E-state index contributed by atoms with van der Waals surface area (Å²) in [5.41, 5.74) is 3.12. The first kappa shape index (κ1) is 19.7. The van der Waals surface area contributed by atoms with Gasteiger partial charge in [0.05, 0.1) is 23.5 Å². The molecule has 0 spiro atoms. The zero-order chi connectivity index (χ0) is 19.1. The summed E-state index contributed by atoms with van der Waals surface area (Å²) in [6, 6.07) is 12.0. The predicted molar refractivity (Wildman–Crippen MR) is 114 cm³/mol. The molecule has 1 saturated carbocycles. The maximum atomic E-state index is 13.2. The Bertz CT molecular complexity index is 994. The Kier molecular flexibility index (Phi) is 5.43. The molecule has 0 unspecified atom stereocenters. The number of hydrogen-bond acceptors (Lipinski definition) is 4. The molecule has 1 amide bonds. The second-order valence-electron chi connectivity index (χ2n) is 7.78. The first-order valence-electron chi connectivity index (χ1n) is 9.84. The number of rotatable bonds is 5. The Morgan fingerprint density at radius 2 is 2.00 bits per heavy atom. The van der Waals surface area contributed by atoms with Crippen LogP contribution >= 0.6 is 12.4 Å². The molecule has 1 aromatic carbocycles. The Morgan fingerprint density at radius 3 is 2.69 bits per heavy atom. The quantitative estimate of drug-likeness (QED) is 0.675. The van der Waals surface area contributed by atoms with Gasteiger partial charge in [0.2, 0.25) is 5.91 Å². The smallest absolute Gasteiger partial charge is 0.230 e. The third-order valence-electron chi connectivity index (χ3n) is 5.68. The van der Waals surface area contributed by atoms with Gasteiger partial charge < -0.3 is 10.6 Å². The lowest BCUT2D eigenvalue weighted by molar-refractivity contribution is -0.119. The molecule has 0 bridgehead atoms. The van der Waals surface area contributed by atoms with Gasteiger partial charge in [-0.1, -0.05) is 18.2 Å². The topological polar surface area (TPSA) is 76.8 Å². The molecule has 2 N–H and O–H groups in total. The number of para-hydroxylation sites is 1. The van der Waals surface area contributed by atoms with E-state index < -0.39 is 0 Å². The van der Waals surface area contributed by atoms with Crippen molar-refractivity contribution < 1.29 is 4.79 Å². The lowest BCUT2D eigenvalue weighted by Gasteiger charge is -2.17. The summed E-state index contributed by atoms with van der Waals surface area (Å²) >= 11 is 0. The van der Waals surface area contributed by atoms with Crippen LogP contribution in [-0.2, 0) is 11.8 Å². The highest BCUT2D eigenvalue weighted by Gasteiger charge is 2.35. The molecule has 2 aliphatic rings. The summed E-state index contributed by atoms with van der Waals surface area (Å²) in [4.78, 5) is 13.2. The molecule has 2 fully saturated rings. The molecule has 5 rings (SSSR count). The van der Waals surface area contributed by atoms with Crippen LogP contribution in [0, 0.1) is 5.92 Å². The van der Waals surface area contributed by atoms with Gasteiger partial charge >= 0.3 is 0 Å². The van der Waals surface area contributed by atoms with E-state index in [1.54, 1.807) is 4.68 Å². The average molecular weight is 413 g/mol. The van der Waals surface area contributed by atoms with Crippen molar-refractivity contribution in [1.29, 1.82) is 0 Å². The molecule has 3 aromatic rings. The largest absolute Gasteiger partial charge is 0.315 e. The van der Waals surface area contributed by atoms with Crippen LogP contribution < -0.4 is 10.6 Å². The van der Waals surface area contributed by atoms with Crippen molar-refractivity contribution in [2.45, 2.75) is 24.7 Å². The van der Waals surface area contributed by atoms with Crippen molar-refractivity contribution >= 4 is 24.1 Å². The van der Waals surface area contributed by atoms with E-state index in [0.29, 0.717) is 12.5 Å². The third kappa shape index (κ3) is 3.93. The number of aryl methyl sites for hydroxylation is 1. The first-order valence-corrected chi connectivity index (χ1v) is 9.84. The highest BCUT2D eigenvalue weighted by Crippen LogP contribution is 2.40. The SMILES string of the molecule is Cl.Cn1cc([C@H]2CNC[C@@H]2C(=O)Nc2cc(C3CC3)nn2-c2ccccc2)cn1. The predicted octanol–water partition coefficient (Wildman–Crippen LogP) is 2.85. The van der Waals surface area contributed by atoms with Gasteiger partial charge in [-0.25, -0.2) is 4.68 Å². The number of carbonyl (C=O) groups is 1. The zero-order valence-corrected chi connectivity index (χ0v) is 17.1. The highest BCUT2D eigenvalue weighted by molar-refractivity contribution is 5.93. The monoisotopic (exact) mass is 412 g/mol. The maximum Gasteiger partial charge on any atom is 0.230 e. The van der Waals surface area contributed by atoms with Crippen LogP contribution in [-0.4, -0.2) is 38.6 Å². The minimum Gasteiger partial charge on any atom is -0.315 e. The van der Waals surface area contributed by atoms with E-state index in [1.165, 1.54) is 12.8 Å². The van der Waals surface area contributed by atoms with Crippen LogP contribution in [0.2, 0.25) is 0 Å². The molecule has 1 aliphatic carbocycles. The van der Waals surface area contributed by atoms with Crippen LogP contribution in [0.25, 0.3) is 5.69 Å². The zero-order valence-electron chi connectivity index (χ0n) is 16.3. The van der Waals surface area contributed by atoms with Crippen molar-refractivity contribution in [2.24, 2.45) is 13.0 Å². The first-order chi connectivity index (χ1) is 13.7. The van der Waals surface area contributed by atoms with Gasteiger partial charge in [-0.3, -0.25) is 9.48 Å². The number of hydrogen-bond donors (Lipinski definition) is 2. The van der Waals surface area contributed by atoms with Crippen molar-refractivity contribution in [3.8, 4) is 5.69 Å². The number of amides is 1. The van der Waals surface area contributed by atoms with Gasteiger partial charge in [0.25, 0.3) is 0 Å². The van der Waals surface area contributed by atoms with Crippen LogP contribution in [0.3, 0.4) is 0 Å². The third-order valence-corrected chi connectivity index (χ3v) is 5.68. The van der Waals surface area contributed by atoms with E-state index in [0.717, 1.165) is 29.3 Å². The number of halogens is 1. The molecule has 152 valence electrons. The maximum absolute atomic E-state index is 13.2. The van der Waals surface area contributed by atoms with Gasteiger partial charge in [-0.05, 0) is 30.5 Å². The summed E-state index contributed by atoms with van der Waals surface area (Å²) in [6.45, 7) is 1.45. The van der Waals surface area contributed by atoms with Crippen molar-refractivity contribution in [1.82, 2.24) is 24.9 Å². The van der Waals surface area contributed by atoms with Crippen molar-refractivity contribution in [3.63, 3.8) is 0 Å². The summed E-state index contributed by atoms with van der Waals surface area (Å²) in [7, 11) is 1.90. The summed E-state index contributed by atoms with van der Waals surface area (Å²) in [5.74, 6) is 1.29. The average Bonchev–Trinajstić information content (AvgIpc) is 3.10.